The molecule has 7 nitrogen and oxygen atoms in total. The molecule has 2 aromatic carbocycles. The molecule has 8 heteroatoms. The van der Waals surface area contributed by atoms with Crippen LogP contribution in [0.3, 0.4) is 0 Å². The van der Waals surface area contributed by atoms with Crippen molar-refractivity contribution in [1.82, 2.24) is 5.43 Å². The molecule has 3 N–H and O–H groups in total. The lowest BCUT2D eigenvalue weighted by atomic mass is 10.1. The third-order valence-electron chi connectivity index (χ3n) is 3.58. The van der Waals surface area contributed by atoms with E-state index in [2.05, 4.69) is 26.5 Å². The average Bonchev–Trinajstić information content (AvgIpc) is 2.65. The summed E-state index contributed by atoms with van der Waals surface area (Å²) in [5.74, 6) is -0.565. The minimum atomic E-state index is -0.727. The lowest BCUT2D eigenvalue weighted by Gasteiger charge is -2.05. The van der Waals surface area contributed by atoms with Gasteiger partial charge in [-0.15, -0.1) is 5.10 Å². The van der Waals surface area contributed by atoms with Gasteiger partial charge in [-0.05, 0) is 48.5 Å². The van der Waals surface area contributed by atoms with E-state index in [-0.39, 0.29) is 11.1 Å². The number of nitrogens with two attached hydrogens (primary N) is 1. The minimum absolute atomic E-state index is 0.0434. The molecule has 1 aromatic heterocycles. The molecule has 0 radical (unpaired) electrons. The van der Waals surface area contributed by atoms with E-state index in [0.29, 0.717) is 22.3 Å². The summed E-state index contributed by atoms with van der Waals surface area (Å²) >= 11 is 3.30. The predicted molar refractivity (Wildman–Crippen MR) is 98.5 cm³/mol. The number of hydrogen-bond acceptors (Lipinski definition) is 5. The first kappa shape index (κ1) is 17.7. The van der Waals surface area contributed by atoms with Crippen LogP contribution in [0, 0.1) is 0 Å². The van der Waals surface area contributed by atoms with Gasteiger partial charge in [-0.25, -0.2) is 5.43 Å². The van der Waals surface area contributed by atoms with Gasteiger partial charge in [0.25, 0.3) is 11.8 Å². The Morgan fingerprint density at radius 1 is 1.15 bits per heavy atom. The van der Waals surface area contributed by atoms with Crippen LogP contribution in [0.5, 0.6) is 5.75 Å². The number of nitrogens with zero attached hydrogens (tertiary/aromatic N) is 1. The van der Waals surface area contributed by atoms with Crippen LogP contribution in [0.4, 0.5) is 0 Å². The van der Waals surface area contributed by atoms with Crippen molar-refractivity contribution in [1.29, 1.82) is 0 Å². The summed E-state index contributed by atoms with van der Waals surface area (Å²) < 4.78 is 11.6. The van der Waals surface area contributed by atoms with Gasteiger partial charge in [0, 0.05) is 15.4 Å². The van der Waals surface area contributed by atoms with Crippen LogP contribution in [0.25, 0.3) is 11.0 Å². The van der Waals surface area contributed by atoms with Crippen molar-refractivity contribution in [3.63, 3.8) is 0 Å². The number of ether oxygens (including phenoxy) is 1. The number of carbonyl (C=O) groups excluding carboxylic acids is 2. The first-order chi connectivity index (χ1) is 12.5. The summed E-state index contributed by atoms with van der Waals surface area (Å²) in [4.78, 5) is 23.9. The highest BCUT2D eigenvalue weighted by Gasteiger charge is 2.11. The Bertz CT molecular complexity index is 1060. The van der Waals surface area contributed by atoms with Gasteiger partial charge >= 0.3 is 0 Å². The number of nitrogens with one attached hydrogen (secondary N) is 1. The van der Waals surface area contributed by atoms with Gasteiger partial charge in [-0.1, -0.05) is 15.9 Å². The van der Waals surface area contributed by atoms with E-state index in [1.807, 2.05) is 0 Å². The quantitative estimate of drug-likeness (QED) is 0.638. The second-order valence-electron chi connectivity index (χ2n) is 5.29. The predicted octanol–water partition coefficient (Wildman–Crippen LogP) is 2.55. The maximum atomic E-state index is 12.2. The summed E-state index contributed by atoms with van der Waals surface area (Å²) in [7, 11) is 1.54. The molecule has 0 aliphatic heterocycles. The zero-order valence-electron chi connectivity index (χ0n) is 13.7. The van der Waals surface area contributed by atoms with E-state index in [9.17, 15) is 9.59 Å². The maximum absolute atomic E-state index is 12.2. The summed E-state index contributed by atoms with van der Waals surface area (Å²) in [5.41, 5.74) is 8.60. The van der Waals surface area contributed by atoms with Crippen molar-refractivity contribution in [3.8, 4) is 5.75 Å². The fourth-order valence-corrected chi connectivity index (χ4v) is 2.53. The van der Waals surface area contributed by atoms with Crippen LogP contribution < -0.4 is 21.5 Å². The average molecular weight is 416 g/mol. The number of fused-ring (bicyclic) bond motifs is 1. The highest BCUT2D eigenvalue weighted by Crippen LogP contribution is 2.20. The van der Waals surface area contributed by atoms with Crippen molar-refractivity contribution in [2.24, 2.45) is 10.8 Å². The van der Waals surface area contributed by atoms with Crippen LogP contribution in [-0.4, -0.2) is 18.9 Å². The second-order valence-corrected chi connectivity index (χ2v) is 6.21. The molecule has 0 saturated carbocycles. The van der Waals surface area contributed by atoms with Crippen molar-refractivity contribution in [3.05, 3.63) is 69.7 Å². The number of rotatable bonds is 4. The SMILES string of the molecule is COc1ccc2oc(=NNC(=O)c3ccc(Br)cc3)c(C(N)=O)cc2c1. The number of carbonyl (C=O) groups is 2. The van der Waals surface area contributed by atoms with Gasteiger partial charge in [0.05, 0.1) is 7.11 Å². The minimum Gasteiger partial charge on any atom is -0.497 e. The molecule has 0 bridgehead atoms. The molecule has 0 spiro atoms. The largest absolute Gasteiger partial charge is 0.497 e. The van der Waals surface area contributed by atoms with Gasteiger partial charge in [-0.2, -0.15) is 0 Å². The normalized spacial score (nSPS) is 11.4. The summed E-state index contributed by atoms with van der Waals surface area (Å²) in [6.45, 7) is 0. The van der Waals surface area contributed by atoms with Gasteiger partial charge in [0.2, 0.25) is 5.55 Å². The van der Waals surface area contributed by atoms with Crippen LogP contribution >= 0.6 is 15.9 Å². The van der Waals surface area contributed by atoms with Crippen molar-refractivity contribution >= 4 is 38.7 Å². The summed E-state index contributed by atoms with van der Waals surface area (Å²) in [6.07, 6.45) is 0. The molecule has 0 unspecified atom stereocenters. The molecular weight excluding hydrogens is 402 g/mol. The molecule has 0 atom stereocenters. The first-order valence-electron chi connectivity index (χ1n) is 7.49. The summed E-state index contributed by atoms with van der Waals surface area (Å²) in [5, 5.41) is 4.53. The molecule has 0 aliphatic carbocycles. The topological polar surface area (TPSA) is 107 Å². The van der Waals surface area contributed by atoms with E-state index in [1.54, 1.807) is 42.5 Å². The lowest BCUT2D eigenvalue weighted by Crippen LogP contribution is -2.27. The molecule has 2 amide bonds. The molecule has 1 heterocycles. The number of methoxy groups -OCH3 is 1. The molecule has 0 aliphatic rings. The monoisotopic (exact) mass is 415 g/mol. The smallest absolute Gasteiger partial charge is 0.271 e. The molecule has 26 heavy (non-hydrogen) atoms. The second kappa shape index (κ2) is 7.40. The Labute approximate surface area is 156 Å². The third-order valence-corrected chi connectivity index (χ3v) is 4.11. The van der Waals surface area contributed by atoms with Crippen molar-refractivity contribution in [2.75, 3.05) is 7.11 Å². The van der Waals surface area contributed by atoms with Crippen LogP contribution in [0.2, 0.25) is 0 Å². The first-order valence-corrected chi connectivity index (χ1v) is 8.28. The molecule has 3 aromatic rings. The highest BCUT2D eigenvalue weighted by molar-refractivity contribution is 9.10. The number of hydrogen-bond donors (Lipinski definition) is 2. The van der Waals surface area contributed by atoms with Crippen LogP contribution in [-0.2, 0) is 0 Å². The van der Waals surface area contributed by atoms with E-state index in [1.165, 1.54) is 13.2 Å². The third kappa shape index (κ3) is 3.75. The summed E-state index contributed by atoms with van der Waals surface area (Å²) in [6, 6.07) is 13.4. The molecule has 132 valence electrons. The molecule has 3 rings (SSSR count). The molecule has 0 saturated heterocycles. The zero-order valence-corrected chi connectivity index (χ0v) is 15.2. The fraction of sp³-hybridized carbons (Fsp3) is 0.0556. The Balaban J connectivity index is 2.00. The van der Waals surface area contributed by atoms with Gasteiger partial charge in [0.1, 0.15) is 16.9 Å². The Morgan fingerprint density at radius 2 is 1.88 bits per heavy atom. The van der Waals surface area contributed by atoms with E-state index in [4.69, 9.17) is 14.9 Å². The van der Waals surface area contributed by atoms with Gasteiger partial charge < -0.3 is 14.9 Å². The number of halogens is 1. The Kier molecular flexibility index (Phi) is 5.04. The van der Waals surface area contributed by atoms with Crippen molar-refractivity contribution in [2.45, 2.75) is 0 Å². The van der Waals surface area contributed by atoms with Crippen LogP contribution in [0.1, 0.15) is 20.7 Å². The van der Waals surface area contributed by atoms with Crippen molar-refractivity contribution < 1.29 is 18.7 Å². The molecule has 0 fully saturated rings. The maximum Gasteiger partial charge on any atom is 0.271 e. The van der Waals surface area contributed by atoms with E-state index < -0.39 is 11.8 Å². The zero-order chi connectivity index (χ0) is 18.7. The molecular formula is C18H14BrN3O4. The standard InChI is InChI=1S/C18H14BrN3O4/c1-25-13-6-7-15-11(8-13)9-14(16(20)23)18(26-15)22-21-17(24)10-2-4-12(19)5-3-10/h2-9H,1H3,(H2,20,23)(H,21,24). The fourth-order valence-electron chi connectivity index (χ4n) is 2.26. The lowest BCUT2D eigenvalue weighted by molar-refractivity contribution is 0.0946. The van der Waals surface area contributed by atoms with E-state index >= 15 is 0 Å². The highest BCUT2D eigenvalue weighted by atomic mass is 79.9. The number of primary amides is 1. The number of benzene rings is 2. The number of amides is 2. The van der Waals surface area contributed by atoms with E-state index in [0.717, 1.165) is 4.47 Å². The van der Waals surface area contributed by atoms with Gasteiger partial charge in [-0.3, -0.25) is 9.59 Å². The van der Waals surface area contributed by atoms with Gasteiger partial charge in [0.15, 0.2) is 0 Å². The Morgan fingerprint density at radius 3 is 2.54 bits per heavy atom. The Hall–Kier alpha value is -3.13. The van der Waals surface area contributed by atoms with Crippen LogP contribution in [0.15, 0.2) is 62.5 Å².